The Morgan fingerprint density at radius 3 is 2.83 bits per heavy atom. The van der Waals surface area contributed by atoms with Gasteiger partial charge in [-0.3, -0.25) is 4.98 Å². The van der Waals surface area contributed by atoms with E-state index in [2.05, 4.69) is 9.71 Å². The molecule has 0 spiro atoms. The minimum absolute atomic E-state index is 0.0682. The maximum atomic E-state index is 12.9. The van der Waals surface area contributed by atoms with Crippen LogP contribution in [-0.2, 0) is 10.0 Å². The van der Waals surface area contributed by atoms with Crippen LogP contribution in [0.5, 0.6) is 0 Å². The molecule has 0 aromatic carbocycles. The molecule has 1 aliphatic rings. The van der Waals surface area contributed by atoms with Crippen LogP contribution in [0.4, 0.5) is 4.39 Å². The van der Waals surface area contributed by atoms with Crippen molar-refractivity contribution in [3.8, 4) is 0 Å². The van der Waals surface area contributed by atoms with Gasteiger partial charge in [-0.25, -0.2) is 17.5 Å². The molecule has 7 heteroatoms. The van der Waals surface area contributed by atoms with E-state index in [-0.39, 0.29) is 17.4 Å². The number of aliphatic hydroxyl groups excluding tert-OH is 1. The fourth-order valence-corrected chi connectivity index (χ4v) is 3.16. The molecule has 0 saturated heterocycles. The van der Waals surface area contributed by atoms with Gasteiger partial charge in [-0.05, 0) is 24.8 Å². The summed E-state index contributed by atoms with van der Waals surface area (Å²) in [6, 6.07) is 0.917. The van der Waals surface area contributed by atoms with E-state index in [9.17, 15) is 17.9 Å². The van der Waals surface area contributed by atoms with Gasteiger partial charge in [-0.1, -0.05) is 6.42 Å². The Morgan fingerprint density at radius 1 is 1.44 bits per heavy atom. The van der Waals surface area contributed by atoms with Crippen LogP contribution in [0, 0.1) is 11.7 Å². The molecular weight excluding hydrogens is 259 g/mol. The third-order valence-electron chi connectivity index (χ3n) is 3.14. The lowest BCUT2D eigenvalue weighted by atomic mass is 10.1. The van der Waals surface area contributed by atoms with Gasteiger partial charge >= 0.3 is 0 Å². The zero-order chi connectivity index (χ0) is 13.2. The fraction of sp³-hybridized carbons (Fsp3) is 0.545. The standard InChI is InChI=1S/C11H15FN2O3S/c12-9-4-10(7-13-6-9)18(16,17)14-5-8-2-1-3-11(8)15/h4,6-8,11,14-15H,1-3,5H2. The number of halogens is 1. The SMILES string of the molecule is O=S(=O)(NCC1CCCC1O)c1cncc(F)c1. The van der Waals surface area contributed by atoms with E-state index in [0.29, 0.717) is 6.42 Å². The van der Waals surface area contributed by atoms with Gasteiger partial charge in [0.05, 0.1) is 12.3 Å². The van der Waals surface area contributed by atoms with E-state index < -0.39 is 21.9 Å². The van der Waals surface area contributed by atoms with Crippen molar-refractivity contribution in [1.29, 1.82) is 0 Å². The average molecular weight is 274 g/mol. The van der Waals surface area contributed by atoms with Crippen molar-refractivity contribution >= 4 is 10.0 Å². The number of pyridine rings is 1. The number of sulfonamides is 1. The summed E-state index contributed by atoms with van der Waals surface area (Å²) in [5, 5.41) is 9.59. The van der Waals surface area contributed by atoms with Gasteiger partial charge in [0.15, 0.2) is 0 Å². The van der Waals surface area contributed by atoms with E-state index in [1.54, 1.807) is 0 Å². The zero-order valence-electron chi connectivity index (χ0n) is 9.71. The topological polar surface area (TPSA) is 79.3 Å². The summed E-state index contributed by atoms with van der Waals surface area (Å²) in [7, 11) is -3.76. The summed E-state index contributed by atoms with van der Waals surface area (Å²) < 4.78 is 39.0. The number of aliphatic hydroxyl groups is 1. The van der Waals surface area contributed by atoms with Crippen LogP contribution in [0.25, 0.3) is 0 Å². The first-order valence-corrected chi connectivity index (χ1v) is 7.25. The van der Waals surface area contributed by atoms with Crippen molar-refractivity contribution in [3.63, 3.8) is 0 Å². The number of hydrogen-bond acceptors (Lipinski definition) is 4. The molecule has 2 N–H and O–H groups in total. The summed E-state index contributed by atoms with van der Waals surface area (Å²) in [4.78, 5) is 3.30. The molecule has 2 atom stereocenters. The molecule has 1 aromatic heterocycles. The average Bonchev–Trinajstić information content (AvgIpc) is 2.72. The van der Waals surface area contributed by atoms with Crippen LogP contribution in [-0.4, -0.2) is 31.2 Å². The van der Waals surface area contributed by atoms with Gasteiger partial charge < -0.3 is 5.11 Å². The van der Waals surface area contributed by atoms with Gasteiger partial charge in [0.2, 0.25) is 10.0 Å². The Labute approximate surface area is 105 Å². The monoisotopic (exact) mass is 274 g/mol. The summed E-state index contributed by atoms with van der Waals surface area (Å²) in [6.07, 6.45) is 3.97. The highest BCUT2D eigenvalue weighted by molar-refractivity contribution is 7.89. The van der Waals surface area contributed by atoms with Crippen molar-refractivity contribution in [3.05, 3.63) is 24.3 Å². The lowest BCUT2D eigenvalue weighted by Crippen LogP contribution is -2.32. The number of nitrogens with one attached hydrogen (secondary N) is 1. The second-order valence-corrected chi connectivity index (χ2v) is 6.22. The number of aromatic nitrogens is 1. The molecule has 0 radical (unpaired) electrons. The highest BCUT2D eigenvalue weighted by Crippen LogP contribution is 2.25. The Bertz CT molecular complexity index is 521. The van der Waals surface area contributed by atoms with Crippen LogP contribution in [0.2, 0.25) is 0 Å². The van der Waals surface area contributed by atoms with Crippen LogP contribution in [0.1, 0.15) is 19.3 Å². The van der Waals surface area contributed by atoms with Crippen molar-refractivity contribution in [2.75, 3.05) is 6.54 Å². The van der Waals surface area contributed by atoms with E-state index in [1.807, 2.05) is 0 Å². The smallest absolute Gasteiger partial charge is 0.242 e. The third-order valence-corrected chi connectivity index (χ3v) is 4.54. The molecule has 5 nitrogen and oxygen atoms in total. The van der Waals surface area contributed by atoms with E-state index in [0.717, 1.165) is 31.3 Å². The molecule has 0 bridgehead atoms. The summed E-state index contributed by atoms with van der Waals surface area (Å²) in [5.74, 6) is -0.764. The van der Waals surface area contributed by atoms with E-state index in [1.165, 1.54) is 0 Å². The lowest BCUT2D eigenvalue weighted by Gasteiger charge is -2.15. The van der Waals surface area contributed by atoms with Crippen LogP contribution < -0.4 is 4.72 Å². The first-order valence-electron chi connectivity index (χ1n) is 5.77. The molecular formula is C11H15FN2O3S. The molecule has 1 aromatic rings. The van der Waals surface area contributed by atoms with Crippen LogP contribution >= 0.6 is 0 Å². The van der Waals surface area contributed by atoms with Crippen molar-refractivity contribution in [2.24, 2.45) is 5.92 Å². The summed E-state index contributed by atoms with van der Waals surface area (Å²) in [5.41, 5.74) is 0. The molecule has 1 saturated carbocycles. The van der Waals surface area contributed by atoms with Gasteiger partial charge in [0, 0.05) is 12.7 Å². The molecule has 2 unspecified atom stereocenters. The quantitative estimate of drug-likeness (QED) is 0.845. The molecule has 1 heterocycles. The van der Waals surface area contributed by atoms with Gasteiger partial charge in [-0.15, -0.1) is 0 Å². The molecule has 2 rings (SSSR count). The predicted octanol–water partition coefficient (Wildman–Crippen LogP) is 0.660. The Kier molecular flexibility index (Phi) is 3.94. The fourth-order valence-electron chi connectivity index (χ4n) is 2.09. The van der Waals surface area contributed by atoms with E-state index >= 15 is 0 Å². The Balaban J connectivity index is 2.03. The molecule has 18 heavy (non-hydrogen) atoms. The largest absolute Gasteiger partial charge is 0.393 e. The number of nitrogens with zero attached hydrogens (tertiary/aromatic N) is 1. The maximum Gasteiger partial charge on any atom is 0.242 e. The lowest BCUT2D eigenvalue weighted by molar-refractivity contribution is 0.134. The van der Waals surface area contributed by atoms with Gasteiger partial charge in [0.1, 0.15) is 10.7 Å². The molecule has 100 valence electrons. The van der Waals surface area contributed by atoms with Gasteiger partial charge in [0.25, 0.3) is 0 Å². The minimum atomic E-state index is -3.76. The summed E-state index contributed by atoms with van der Waals surface area (Å²) >= 11 is 0. The minimum Gasteiger partial charge on any atom is -0.393 e. The van der Waals surface area contributed by atoms with Crippen molar-refractivity contribution in [2.45, 2.75) is 30.3 Å². The zero-order valence-corrected chi connectivity index (χ0v) is 10.5. The molecule has 0 aliphatic heterocycles. The second kappa shape index (κ2) is 5.29. The van der Waals surface area contributed by atoms with Crippen molar-refractivity contribution in [1.82, 2.24) is 9.71 Å². The molecule has 1 aliphatic carbocycles. The number of hydrogen-bond donors (Lipinski definition) is 2. The second-order valence-electron chi connectivity index (χ2n) is 4.45. The highest BCUT2D eigenvalue weighted by Gasteiger charge is 2.27. The first kappa shape index (κ1) is 13.4. The predicted molar refractivity (Wildman–Crippen MR) is 62.7 cm³/mol. The van der Waals surface area contributed by atoms with E-state index in [4.69, 9.17) is 0 Å². The molecule has 0 amide bonds. The third kappa shape index (κ3) is 3.04. The maximum absolute atomic E-state index is 12.9. The normalized spacial score (nSPS) is 24.3. The highest BCUT2D eigenvalue weighted by atomic mass is 32.2. The first-order chi connectivity index (χ1) is 8.49. The number of rotatable bonds is 4. The summed E-state index contributed by atoms with van der Waals surface area (Å²) in [6.45, 7) is 0.167. The molecule has 1 fully saturated rings. The Hall–Kier alpha value is -1.05. The Morgan fingerprint density at radius 2 is 2.22 bits per heavy atom. The van der Waals surface area contributed by atoms with Crippen LogP contribution in [0.15, 0.2) is 23.4 Å². The van der Waals surface area contributed by atoms with Gasteiger partial charge in [-0.2, -0.15) is 0 Å². The van der Waals surface area contributed by atoms with Crippen LogP contribution in [0.3, 0.4) is 0 Å². The van der Waals surface area contributed by atoms with Crippen molar-refractivity contribution < 1.29 is 17.9 Å².